The fourth-order valence-corrected chi connectivity index (χ4v) is 2.34. The average molecular weight is 252 g/mol. The van der Waals surface area contributed by atoms with Crippen LogP contribution in [0.4, 0.5) is 0 Å². The largest absolute Gasteiger partial charge is 0.414 e. The van der Waals surface area contributed by atoms with Gasteiger partial charge in [-0.3, -0.25) is 0 Å². The maximum Gasteiger partial charge on any atom is 0.227 e. The number of hydrogen-bond acceptors (Lipinski definition) is 3. The Kier molecular flexibility index (Phi) is 5.57. The second kappa shape index (κ2) is 6.71. The molecule has 0 atom stereocenters. The lowest BCUT2D eigenvalue weighted by molar-refractivity contribution is -0.138. The van der Waals surface area contributed by atoms with E-state index in [1.165, 1.54) is 0 Å². The molecule has 0 fully saturated rings. The highest BCUT2D eigenvalue weighted by molar-refractivity contribution is 6.30. The second-order valence-electron chi connectivity index (χ2n) is 3.94. The summed E-state index contributed by atoms with van der Waals surface area (Å²) in [4.78, 5) is 0. The van der Waals surface area contributed by atoms with Crippen LogP contribution in [0.5, 0.6) is 0 Å². The first-order valence-electron chi connectivity index (χ1n) is 5.53. The zero-order valence-electron chi connectivity index (χ0n) is 10.7. The van der Waals surface area contributed by atoms with Gasteiger partial charge in [0.15, 0.2) is 5.41 Å². The summed E-state index contributed by atoms with van der Waals surface area (Å²) in [5.41, 5.74) is 1.70. The van der Waals surface area contributed by atoms with Crippen LogP contribution in [0.2, 0.25) is 0 Å². The van der Waals surface area contributed by atoms with Gasteiger partial charge in [-0.2, -0.15) is 0 Å². The van der Waals surface area contributed by atoms with E-state index < -0.39 is 15.2 Å². The van der Waals surface area contributed by atoms with Gasteiger partial charge in [0.05, 0.1) is 6.61 Å². The molecule has 0 saturated carbocycles. The minimum Gasteiger partial charge on any atom is -0.414 e. The minimum absolute atomic E-state index is 0.552. The van der Waals surface area contributed by atoms with Gasteiger partial charge >= 0.3 is 0 Å². The summed E-state index contributed by atoms with van der Waals surface area (Å²) < 4.78 is 16.3. The molecular formula is C13H20O3Si. The summed E-state index contributed by atoms with van der Waals surface area (Å²) in [7, 11) is 2.36. The highest BCUT2D eigenvalue weighted by atomic mass is 28.2. The zero-order valence-corrected chi connectivity index (χ0v) is 12.1. The van der Waals surface area contributed by atoms with E-state index in [1.807, 2.05) is 37.3 Å². The Morgan fingerprint density at radius 2 is 1.94 bits per heavy atom. The van der Waals surface area contributed by atoms with Crippen LogP contribution in [-0.4, -0.2) is 29.4 Å². The lowest BCUT2D eigenvalue weighted by Crippen LogP contribution is -2.38. The van der Waals surface area contributed by atoms with Gasteiger partial charge < -0.3 is 13.9 Å². The van der Waals surface area contributed by atoms with Gasteiger partial charge in [0.1, 0.15) is 0 Å². The Bertz CT molecular complexity index is 361. The van der Waals surface area contributed by atoms with Crippen molar-refractivity contribution in [3.63, 3.8) is 0 Å². The maximum absolute atomic E-state index is 5.75. The van der Waals surface area contributed by atoms with E-state index >= 15 is 0 Å². The number of hydrogen-bond donors (Lipinski definition) is 0. The van der Waals surface area contributed by atoms with Crippen LogP contribution >= 0.6 is 0 Å². The van der Waals surface area contributed by atoms with Crippen LogP contribution in [0.1, 0.15) is 18.1 Å². The molecule has 17 heavy (non-hydrogen) atoms. The van der Waals surface area contributed by atoms with E-state index in [2.05, 4.69) is 6.58 Å². The predicted octanol–water partition coefficient (Wildman–Crippen LogP) is 1.90. The Labute approximate surface area is 105 Å². The van der Waals surface area contributed by atoms with Crippen molar-refractivity contribution in [3.05, 3.63) is 42.0 Å². The molecule has 0 aliphatic rings. The van der Waals surface area contributed by atoms with E-state index in [4.69, 9.17) is 13.9 Å². The van der Waals surface area contributed by atoms with Gasteiger partial charge in [0.2, 0.25) is 9.76 Å². The smallest absolute Gasteiger partial charge is 0.227 e. The summed E-state index contributed by atoms with van der Waals surface area (Å²) in [5.74, 6) is 0. The number of benzene rings is 1. The fourth-order valence-electron chi connectivity index (χ4n) is 1.41. The Balaban J connectivity index is 2.53. The van der Waals surface area contributed by atoms with Crippen LogP contribution < -0.4 is 0 Å². The van der Waals surface area contributed by atoms with E-state index in [0.717, 1.165) is 11.1 Å². The number of methoxy groups -OCH3 is 2. The Morgan fingerprint density at radius 1 is 1.29 bits per heavy atom. The molecular weight excluding hydrogens is 232 g/mol. The van der Waals surface area contributed by atoms with Crippen molar-refractivity contribution in [2.75, 3.05) is 14.2 Å². The van der Waals surface area contributed by atoms with E-state index in [0.29, 0.717) is 6.61 Å². The predicted molar refractivity (Wildman–Crippen MR) is 72.3 cm³/mol. The second-order valence-corrected chi connectivity index (χ2v) is 5.92. The zero-order chi connectivity index (χ0) is 12.7. The van der Waals surface area contributed by atoms with Gasteiger partial charge in [-0.25, -0.2) is 0 Å². The Morgan fingerprint density at radius 3 is 2.53 bits per heavy atom. The van der Waals surface area contributed by atoms with Crippen LogP contribution in [-0.2, 0) is 20.5 Å². The normalized spacial score (nSPS) is 12.2. The standard InChI is InChI=1S/C13H20O3Si/c1-5-11-8-6-7-9-12(11)10-16-17-13(2,14-3)15-4/h5-9H,1,10,17H2,2-4H3. The molecule has 0 heterocycles. The quantitative estimate of drug-likeness (QED) is 0.548. The molecule has 0 saturated heterocycles. The molecule has 0 unspecified atom stereocenters. The first-order valence-corrected chi connectivity index (χ1v) is 6.82. The molecule has 4 heteroatoms. The topological polar surface area (TPSA) is 27.7 Å². The van der Waals surface area contributed by atoms with Gasteiger partial charge in [0.25, 0.3) is 0 Å². The summed E-state index contributed by atoms with van der Waals surface area (Å²) in [6.07, 6.45) is 1.84. The van der Waals surface area contributed by atoms with E-state index in [9.17, 15) is 0 Å². The third kappa shape index (κ3) is 4.09. The first-order chi connectivity index (χ1) is 8.15. The molecule has 0 amide bonds. The first kappa shape index (κ1) is 14.1. The van der Waals surface area contributed by atoms with Gasteiger partial charge in [-0.05, 0) is 18.1 Å². The number of rotatable bonds is 7. The lowest BCUT2D eigenvalue weighted by Gasteiger charge is -2.25. The van der Waals surface area contributed by atoms with Crippen molar-refractivity contribution in [1.29, 1.82) is 0 Å². The molecule has 0 aliphatic carbocycles. The van der Waals surface area contributed by atoms with Crippen LogP contribution in [0.3, 0.4) is 0 Å². The summed E-state index contributed by atoms with van der Waals surface area (Å²) >= 11 is 0. The van der Waals surface area contributed by atoms with Crippen molar-refractivity contribution in [3.8, 4) is 0 Å². The fraction of sp³-hybridized carbons (Fsp3) is 0.385. The molecule has 0 aliphatic heterocycles. The highest BCUT2D eigenvalue weighted by Gasteiger charge is 2.23. The maximum atomic E-state index is 5.75. The molecule has 0 bridgehead atoms. The van der Waals surface area contributed by atoms with Crippen molar-refractivity contribution >= 4 is 15.8 Å². The van der Waals surface area contributed by atoms with E-state index in [-0.39, 0.29) is 0 Å². The SMILES string of the molecule is C=Cc1ccccc1CO[SiH2]C(C)(OC)OC. The monoisotopic (exact) mass is 252 g/mol. The summed E-state index contributed by atoms with van der Waals surface area (Å²) in [6.45, 7) is 6.27. The van der Waals surface area contributed by atoms with Gasteiger partial charge in [-0.15, -0.1) is 0 Å². The van der Waals surface area contributed by atoms with Crippen molar-refractivity contribution < 1.29 is 13.9 Å². The lowest BCUT2D eigenvalue weighted by atomic mass is 10.1. The molecule has 0 spiro atoms. The molecule has 1 rings (SSSR count). The Hall–Kier alpha value is -0.943. The highest BCUT2D eigenvalue weighted by Crippen LogP contribution is 2.13. The van der Waals surface area contributed by atoms with Crippen molar-refractivity contribution in [2.45, 2.75) is 18.9 Å². The molecule has 1 aromatic rings. The molecule has 3 nitrogen and oxygen atoms in total. The van der Waals surface area contributed by atoms with E-state index in [1.54, 1.807) is 14.2 Å². The van der Waals surface area contributed by atoms with Crippen molar-refractivity contribution in [2.24, 2.45) is 0 Å². The minimum atomic E-state index is -0.917. The molecule has 94 valence electrons. The summed E-state index contributed by atoms with van der Waals surface area (Å²) in [5, 5.41) is 0. The third-order valence-electron chi connectivity index (χ3n) is 2.76. The molecule has 1 aromatic carbocycles. The number of ether oxygens (including phenoxy) is 2. The van der Waals surface area contributed by atoms with Crippen molar-refractivity contribution in [1.82, 2.24) is 0 Å². The molecule has 0 radical (unpaired) electrons. The van der Waals surface area contributed by atoms with Crippen LogP contribution in [0, 0.1) is 0 Å². The molecule has 0 N–H and O–H groups in total. The van der Waals surface area contributed by atoms with Gasteiger partial charge in [0, 0.05) is 14.2 Å². The van der Waals surface area contributed by atoms with Crippen LogP contribution in [0.15, 0.2) is 30.8 Å². The van der Waals surface area contributed by atoms with Gasteiger partial charge in [-0.1, -0.05) is 36.9 Å². The molecule has 0 aromatic heterocycles. The summed E-state index contributed by atoms with van der Waals surface area (Å²) in [6, 6.07) is 8.06. The third-order valence-corrected chi connectivity index (χ3v) is 4.27. The van der Waals surface area contributed by atoms with Crippen LogP contribution in [0.25, 0.3) is 6.08 Å². The average Bonchev–Trinajstić information content (AvgIpc) is 2.39.